The number of carbonyl (C=O) groups excluding carboxylic acids is 1. The van der Waals surface area contributed by atoms with Gasteiger partial charge in [-0.2, -0.15) is 0 Å². The highest BCUT2D eigenvalue weighted by Crippen LogP contribution is 2.18. The number of nitrogens with zero attached hydrogens (tertiary/aromatic N) is 1. The van der Waals surface area contributed by atoms with Crippen LogP contribution in [0.25, 0.3) is 0 Å². The van der Waals surface area contributed by atoms with Gasteiger partial charge >= 0.3 is 0 Å². The zero-order valence-electron chi connectivity index (χ0n) is 10.3. The number of carbonyl (C=O) groups is 1. The average molecular weight is 410 g/mol. The lowest BCUT2D eigenvalue weighted by Gasteiger charge is -2.19. The maximum atomic E-state index is 12.2. The predicted molar refractivity (Wildman–Crippen MR) is 83.9 cm³/mol. The van der Waals surface area contributed by atoms with Crippen molar-refractivity contribution in [3.8, 4) is 0 Å². The number of benzene rings is 1. The van der Waals surface area contributed by atoms with E-state index in [2.05, 4.69) is 45.4 Å². The lowest BCUT2D eigenvalue weighted by Crippen LogP contribution is -2.29. The van der Waals surface area contributed by atoms with Gasteiger partial charge in [-0.3, -0.25) is 4.79 Å². The lowest BCUT2D eigenvalue weighted by atomic mass is 10.1. The first-order valence-electron chi connectivity index (χ1n) is 5.58. The second-order valence-corrected chi connectivity index (χ2v) is 6.87. The Kier molecular flexibility index (Phi) is 5.92. The molecule has 1 unspecified atom stereocenters. The number of aryl methyl sites for hydroxylation is 1. The smallest absolute Gasteiger partial charge is 0.254 e. The summed E-state index contributed by atoms with van der Waals surface area (Å²) < 4.78 is 1.05. The van der Waals surface area contributed by atoms with Gasteiger partial charge in [-0.1, -0.05) is 35.0 Å². The Morgan fingerprint density at radius 3 is 2.76 bits per heavy atom. The summed E-state index contributed by atoms with van der Waals surface area (Å²) >= 11 is 5.73. The first-order valence-corrected chi connectivity index (χ1v) is 7.57. The van der Waals surface area contributed by atoms with E-state index in [0.29, 0.717) is 4.83 Å². The maximum absolute atomic E-state index is 12.2. The van der Waals surface area contributed by atoms with E-state index in [-0.39, 0.29) is 5.91 Å². The molecule has 17 heavy (non-hydrogen) atoms. The standard InChI is InChI=1S/C13H17BrINO/c1-9-5-4-6-11(12(9)15)13(17)16(3)8-7-10(2)14/h4-6,10H,7-8H2,1-3H3. The van der Waals surface area contributed by atoms with Crippen molar-refractivity contribution >= 4 is 44.4 Å². The Morgan fingerprint density at radius 1 is 1.53 bits per heavy atom. The van der Waals surface area contributed by atoms with Crippen LogP contribution in [0.1, 0.15) is 29.3 Å². The summed E-state index contributed by atoms with van der Waals surface area (Å²) in [4.78, 5) is 14.5. The zero-order chi connectivity index (χ0) is 13.0. The molecule has 94 valence electrons. The van der Waals surface area contributed by atoms with Crippen molar-refractivity contribution < 1.29 is 4.79 Å². The van der Waals surface area contributed by atoms with E-state index < -0.39 is 0 Å². The summed E-state index contributed by atoms with van der Waals surface area (Å²) in [7, 11) is 1.86. The molecule has 0 radical (unpaired) electrons. The minimum atomic E-state index is 0.103. The Balaban J connectivity index is 2.78. The van der Waals surface area contributed by atoms with Crippen molar-refractivity contribution in [2.24, 2.45) is 0 Å². The van der Waals surface area contributed by atoms with Gasteiger partial charge in [0.25, 0.3) is 5.91 Å². The van der Waals surface area contributed by atoms with Crippen LogP contribution in [0, 0.1) is 10.5 Å². The fraction of sp³-hybridized carbons (Fsp3) is 0.462. The summed E-state index contributed by atoms with van der Waals surface area (Å²) in [6.07, 6.45) is 0.963. The van der Waals surface area contributed by atoms with E-state index in [4.69, 9.17) is 0 Å². The lowest BCUT2D eigenvalue weighted by molar-refractivity contribution is 0.0793. The molecule has 0 fully saturated rings. The summed E-state index contributed by atoms with van der Waals surface area (Å²) in [5, 5.41) is 0. The third-order valence-electron chi connectivity index (χ3n) is 2.63. The van der Waals surface area contributed by atoms with Gasteiger partial charge < -0.3 is 4.90 Å². The molecule has 0 bridgehead atoms. The molecule has 2 nitrogen and oxygen atoms in total. The monoisotopic (exact) mass is 409 g/mol. The van der Waals surface area contributed by atoms with Crippen molar-refractivity contribution in [1.82, 2.24) is 4.90 Å². The van der Waals surface area contributed by atoms with Crippen LogP contribution >= 0.6 is 38.5 Å². The van der Waals surface area contributed by atoms with Gasteiger partial charge in [0.05, 0.1) is 5.56 Å². The van der Waals surface area contributed by atoms with E-state index in [9.17, 15) is 4.79 Å². The number of halogens is 2. The summed E-state index contributed by atoms with van der Waals surface area (Å²) in [6.45, 7) is 4.89. The first-order chi connectivity index (χ1) is 7.93. The normalized spacial score (nSPS) is 12.3. The zero-order valence-corrected chi connectivity index (χ0v) is 14.1. The van der Waals surface area contributed by atoms with Crippen LogP contribution in [-0.2, 0) is 0 Å². The second-order valence-electron chi connectivity index (χ2n) is 4.23. The number of hydrogen-bond acceptors (Lipinski definition) is 1. The minimum absolute atomic E-state index is 0.103. The van der Waals surface area contributed by atoms with E-state index in [1.165, 1.54) is 0 Å². The number of hydrogen-bond donors (Lipinski definition) is 0. The molecule has 0 aliphatic carbocycles. The molecule has 0 saturated heterocycles. The molecule has 0 aromatic heterocycles. The molecule has 0 aliphatic rings. The van der Waals surface area contributed by atoms with Crippen molar-refractivity contribution in [3.63, 3.8) is 0 Å². The highest BCUT2D eigenvalue weighted by atomic mass is 127. The highest BCUT2D eigenvalue weighted by molar-refractivity contribution is 14.1. The topological polar surface area (TPSA) is 20.3 Å². The minimum Gasteiger partial charge on any atom is -0.342 e. The number of alkyl halides is 1. The highest BCUT2D eigenvalue weighted by Gasteiger charge is 2.15. The Labute approximate surface area is 125 Å². The number of amides is 1. The van der Waals surface area contributed by atoms with Gasteiger partial charge in [0.1, 0.15) is 0 Å². The third kappa shape index (κ3) is 4.25. The van der Waals surface area contributed by atoms with Gasteiger partial charge in [0, 0.05) is 22.0 Å². The Morgan fingerprint density at radius 2 is 2.18 bits per heavy atom. The molecular weight excluding hydrogens is 393 g/mol. The van der Waals surface area contributed by atoms with E-state index in [1.807, 2.05) is 32.2 Å². The summed E-state index contributed by atoms with van der Waals surface area (Å²) in [6, 6.07) is 5.86. The van der Waals surface area contributed by atoms with Crippen LogP contribution in [0.15, 0.2) is 18.2 Å². The molecular formula is C13H17BrINO. The van der Waals surface area contributed by atoms with E-state index >= 15 is 0 Å². The number of rotatable bonds is 4. The van der Waals surface area contributed by atoms with Crippen molar-refractivity contribution in [2.45, 2.75) is 25.1 Å². The summed E-state index contributed by atoms with van der Waals surface area (Å²) in [5.41, 5.74) is 1.95. The fourth-order valence-corrected chi connectivity index (χ4v) is 2.29. The average Bonchev–Trinajstić information content (AvgIpc) is 2.28. The van der Waals surface area contributed by atoms with Crippen LogP contribution in [0.2, 0.25) is 0 Å². The largest absolute Gasteiger partial charge is 0.342 e. The molecule has 4 heteroatoms. The van der Waals surface area contributed by atoms with Crippen LogP contribution < -0.4 is 0 Å². The molecule has 0 spiro atoms. The van der Waals surface area contributed by atoms with Crippen LogP contribution in [0.5, 0.6) is 0 Å². The molecule has 0 heterocycles. The van der Waals surface area contributed by atoms with Crippen molar-refractivity contribution in [3.05, 3.63) is 32.9 Å². The summed E-state index contributed by atoms with van der Waals surface area (Å²) in [5.74, 6) is 0.103. The SMILES string of the molecule is Cc1cccc(C(=O)N(C)CCC(C)Br)c1I. The molecule has 1 amide bonds. The third-order valence-corrected chi connectivity index (χ3v) is 4.52. The van der Waals surface area contributed by atoms with Crippen molar-refractivity contribution in [2.75, 3.05) is 13.6 Å². The van der Waals surface area contributed by atoms with Crippen LogP contribution in [0.3, 0.4) is 0 Å². The van der Waals surface area contributed by atoms with Crippen LogP contribution in [0.4, 0.5) is 0 Å². The van der Waals surface area contributed by atoms with Gasteiger partial charge in [-0.05, 0) is 47.6 Å². The van der Waals surface area contributed by atoms with Gasteiger partial charge in [-0.25, -0.2) is 0 Å². The van der Waals surface area contributed by atoms with Crippen LogP contribution in [-0.4, -0.2) is 29.2 Å². The molecule has 1 aromatic rings. The predicted octanol–water partition coefficient (Wildman–Crippen LogP) is 3.85. The van der Waals surface area contributed by atoms with E-state index in [0.717, 1.165) is 27.7 Å². The van der Waals surface area contributed by atoms with E-state index in [1.54, 1.807) is 4.90 Å². The first kappa shape index (κ1) is 15.0. The molecule has 0 saturated carbocycles. The Hall–Kier alpha value is -0.100. The molecule has 0 N–H and O–H groups in total. The molecule has 1 atom stereocenters. The second kappa shape index (κ2) is 6.73. The van der Waals surface area contributed by atoms with Gasteiger partial charge in [-0.15, -0.1) is 0 Å². The van der Waals surface area contributed by atoms with Crippen molar-refractivity contribution in [1.29, 1.82) is 0 Å². The maximum Gasteiger partial charge on any atom is 0.254 e. The molecule has 1 rings (SSSR count). The van der Waals surface area contributed by atoms with Gasteiger partial charge in [0.15, 0.2) is 0 Å². The van der Waals surface area contributed by atoms with Gasteiger partial charge in [0.2, 0.25) is 0 Å². The quantitative estimate of drug-likeness (QED) is 0.546. The molecule has 0 aliphatic heterocycles. The molecule has 1 aromatic carbocycles. The Bertz CT molecular complexity index is 406. The fourth-order valence-electron chi connectivity index (χ4n) is 1.49.